The molecule has 0 spiro atoms. The Hall–Kier alpha value is -1.38. The Balaban J connectivity index is 1.98. The summed E-state index contributed by atoms with van der Waals surface area (Å²) >= 11 is 11.2. The topological polar surface area (TPSA) is 0 Å². The van der Waals surface area contributed by atoms with Crippen LogP contribution in [0.4, 0.5) is 0 Å². The molecule has 132 valence electrons. The minimum atomic E-state index is 0.664. The molecule has 0 fully saturated rings. The SMILES string of the molecule is CC(C)Cc1ccc(C(=S)CC(=S)c2ccc(CC(C)C)cc2)cc1. The van der Waals surface area contributed by atoms with E-state index in [1.54, 1.807) is 0 Å². The van der Waals surface area contributed by atoms with Crippen LogP contribution in [0.15, 0.2) is 48.5 Å². The Morgan fingerprint density at radius 3 is 1.24 bits per heavy atom. The van der Waals surface area contributed by atoms with Crippen LogP contribution in [0.5, 0.6) is 0 Å². The Morgan fingerprint density at radius 2 is 0.960 bits per heavy atom. The smallest absolute Gasteiger partial charge is 0.0277 e. The summed E-state index contributed by atoms with van der Waals surface area (Å²) in [6.45, 7) is 8.96. The van der Waals surface area contributed by atoms with E-state index in [0.29, 0.717) is 18.3 Å². The lowest BCUT2D eigenvalue weighted by Crippen LogP contribution is -2.07. The van der Waals surface area contributed by atoms with E-state index in [1.807, 2.05) is 0 Å². The Bertz CT molecular complexity index is 643. The van der Waals surface area contributed by atoms with Crippen LogP contribution in [-0.2, 0) is 12.8 Å². The summed E-state index contributed by atoms with van der Waals surface area (Å²) in [5.41, 5.74) is 4.96. The van der Waals surface area contributed by atoms with Crippen LogP contribution in [-0.4, -0.2) is 9.73 Å². The van der Waals surface area contributed by atoms with Gasteiger partial charge in [0.15, 0.2) is 0 Å². The molecule has 0 heterocycles. The first-order valence-corrected chi connectivity index (χ1v) is 9.91. The first-order chi connectivity index (χ1) is 11.8. The molecule has 0 saturated carbocycles. The van der Waals surface area contributed by atoms with E-state index in [0.717, 1.165) is 33.7 Å². The van der Waals surface area contributed by atoms with Crippen molar-refractivity contribution in [3.8, 4) is 0 Å². The molecule has 0 nitrogen and oxygen atoms in total. The fourth-order valence-corrected chi connectivity index (χ4v) is 3.60. The van der Waals surface area contributed by atoms with Gasteiger partial charge in [0.1, 0.15) is 0 Å². The van der Waals surface area contributed by atoms with Crippen molar-refractivity contribution < 1.29 is 0 Å². The predicted octanol–water partition coefficient (Wildman–Crippen LogP) is 6.61. The zero-order valence-corrected chi connectivity index (χ0v) is 17.3. The first kappa shape index (κ1) is 19.9. The molecule has 0 amide bonds. The quantitative estimate of drug-likeness (QED) is 0.380. The Morgan fingerprint density at radius 1 is 0.640 bits per heavy atom. The third kappa shape index (κ3) is 6.45. The van der Waals surface area contributed by atoms with Crippen LogP contribution < -0.4 is 0 Å². The minimum absolute atomic E-state index is 0.664. The van der Waals surface area contributed by atoms with E-state index >= 15 is 0 Å². The van der Waals surface area contributed by atoms with Crippen LogP contribution in [0, 0.1) is 11.8 Å². The molecule has 0 aliphatic carbocycles. The molecule has 2 rings (SSSR count). The molecular formula is C23H28S2. The predicted molar refractivity (Wildman–Crippen MR) is 118 cm³/mol. The highest BCUT2D eigenvalue weighted by Crippen LogP contribution is 2.16. The van der Waals surface area contributed by atoms with Crippen molar-refractivity contribution in [2.45, 2.75) is 47.0 Å². The van der Waals surface area contributed by atoms with Gasteiger partial charge in [-0.25, -0.2) is 0 Å². The molecule has 0 aromatic heterocycles. The molecule has 0 atom stereocenters. The number of benzene rings is 2. The van der Waals surface area contributed by atoms with Crippen molar-refractivity contribution in [3.63, 3.8) is 0 Å². The fourth-order valence-electron chi connectivity index (χ4n) is 2.95. The van der Waals surface area contributed by atoms with E-state index in [1.165, 1.54) is 11.1 Å². The largest absolute Gasteiger partial charge is 0.0839 e. The van der Waals surface area contributed by atoms with Crippen LogP contribution in [0.1, 0.15) is 56.4 Å². The summed E-state index contributed by atoms with van der Waals surface area (Å²) in [7, 11) is 0. The summed E-state index contributed by atoms with van der Waals surface area (Å²) in [5.74, 6) is 1.34. The zero-order valence-electron chi connectivity index (χ0n) is 15.7. The maximum absolute atomic E-state index is 5.62. The van der Waals surface area contributed by atoms with Crippen LogP contribution in [0.3, 0.4) is 0 Å². The van der Waals surface area contributed by atoms with E-state index < -0.39 is 0 Å². The molecule has 25 heavy (non-hydrogen) atoms. The highest BCUT2D eigenvalue weighted by Gasteiger charge is 2.08. The number of hydrogen-bond donors (Lipinski definition) is 0. The summed E-state index contributed by atoms with van der Waals surface area (Å²) in [6, 6.07) is 17.3. The molecule has 0 radical (unpaired) electrons. The van der Waals surface area contributed by atoms with Gasteiger partial charge in [-0.3, -0.25) is 0 Å². The van der Waals surface area contributed by atoms with Crippen LogP contribution >= 0.6 is 24.4 Å². The second-order valence-corrected chi connectivity index (χ2v) is 8.60. The average molecular weight is 369 g/mol. The zero-order chi connectivity index (χ0) is 18.4. The van der Waals surface area contributed by atoms with Crippen molar-refractivity contribution in [1.29, 1.82) is 0 Å². The van der Waals surface area contributed by atoms with Gasteiger partial charge in [-0.15, -0.1) is 0 Å². The molecule has 2 aromatic rings. The van der Waals surface area contributed by atoms with Crippen molar-refractivity contribution in [1.82, 2.24) is 0 Å². The molecule has 0 aliphatic rings. The van der Waals surface area contributed by atoms with Crippen molar-refractivity contribution in [2.24, 2.45) is 11.8 Å². The monoisotopic (exact) mass is 368 g/mol. The maximum Gasteiger partial charge on any atom is 0.0277 e. The van der Waals surface area contributed by atoms with Crippen LogP contribution in [0.2, 0.25) is 0 Å². The molecule has 0 N–H and O–H groups in total. The van der Waals surface area contributed by atoms with E-state index in [-0.39, 0.29) is 0 Å². The lowest BCUT2D eigenvalue weighted by Gasteiger charge is -2.10. The summed E-state index contributed by atoms with van der Waals surface area (Å²) < 4.78 is 0. The van der Waals surface area contributed by atoms with Gasteiger partial charge in [0, 0.05) is 16.1 Å². The van der Waals surface area contributed by atoms with Gasteiger partial charge in [-0.1, -0.05) is 101 Å². The molecule has 0 aliphatic heterocycles. The third-order valence-corrected chi connectivity index (χ3v) is 4.92. The third-order valence-electron chi connectivity index (χ3n) is 4.16. The first-order valence-electron chi connectivity index (χ1n) is 9.09. The van der Waals surface area contributed by atoms with Crippen LogP contribution in [0.25, 0.3) is 0 Å². The second-order valence-electron chi connectivity index (χ2n) is 7.61. The normalized spacial score (nSPS) is 11.1. The summed E-state index contributed by atoms with van der Waals surface area (Å²) in [4.78, 5) is 1.85. The molecule has 2 heteroatoms. The van der Waals surface area contributed by atoms with Gasteiger partial charge in [0.2, 0.25) is 0 Å². The summed E-state index contributed by atoms with van der Waals surface area (Å²) in [6.07, 6.45) is 2.88. The highest BCUT2D eigenvalue weighted by molar-refractivity contribution is 7.82. The minimum Gasteiger partial charge on any atom is -0.0839 e. The molecule has 0 bridgehead atoms. The number of hydrogen-bond acceptors (Lipinski definition) is 2. The lowest BCUT2D eigenvalue weighted by atomic mass is 9.98. The average Bonchev–Trinajstić information content (AvgIpc) is 2.55. The van der Waals surface area contributed by atoms with Gasteiger partial charge in [-0.05, 0) is 46.9 Å². The van der Waals surface area contributed by atoms with E-state index in [2.05, 4.69) is 76.2 Å². The molecule has 2 aromatic carbocycles. The standard InChI is InChI=1S/C23H28S2/c1-16(2)13-18-5-9-20(10-6-18)22(24)15-23(25)21-11-7-19(8-12-21)14-17(3)4/h5-12,16-17H,13-15H2,1-4H3. The Labute approximate surface area is 163 Å². The molecule has 0 saturated heterocycles. The van der Waals surface area contributed by atoms with Crippen molar-refractivity contribution in [2.75, 3.05) is 0 Å². The molecule has 0 unspecified atom stereocenters. The van der Waals surface area contributed by atoms with Crippen molar-refractivity contribution >= 4 is 34.2 Å². The van der Waals surface area contributed by atoms with Gasteiger partial charge in [-0.2, -0.15) is 0 Å². The highest BCUT2D eigenvalue weighted by atomic mass is 32.1. The number of rotatable bonds is 8. The van der Waals surface area contributed by atoms with Gasteiger partial charge < -0.3 is 0 Å². The Kier molecular flexibility index (Phi) is 7.46. The maximum atomic E-state index is 5.62. The van der Waals surface area contributed by atoms with Gasteiger partial charge >= 0.3 is 0 Å². The van der Waals surface area contributed by atoms with Gasteiger partial charge in [0.25, 0.3) is 0 Å². The van der Waals surface area contributed by atoms with E-state index in [4.69, 9.17) is 24.4 Å². The van der Waals surface area contributed by atoms with Crippen molar-refractivity contribution in [3.05, 3.63) is 70.8 Å². The van der Waals surface area contributed by atoms with Gasteiger partial charge in [0.05, 0.1) is 0 Å². The second kappa shape index (κ2) is 9.35. The fraction of sp³-hybridized carbons (Fsp3) is 0.391. The molecular weight excluding hydrogens is 340 g/mol. The number of thiocarbonyl (C=S) groups is 2. The van der Waals surface area contributed by atoms with E-state index in [9.17, 15) is 0 Å². The lowest BCUT2D eigenvalue weighted by molar-refractivity contribution is 0.647. The summed E-state index contributed by atoms with van der Waals surface area (Å²) in [5, 5.41) is 0.